The fourth-order valence-corrected chi connectivity index (χ4v) is 1.62. The first-order valence-electron chi connectivity index (χ1n) is 7.38. The second kappa shape index (κ2) is 9.48. The lowest BCUT2D eigenvalue weighted by Crippen LogP contribution is -1.76. The maximum absolute atomic E-state index is 5.63. The highest BCUT2D eigenvalue weighted by molar-refractivity contribution is 5.57. The number of hydrogen-bond donors (Lipinski definition) is 0. The molecule has 0 aliphatic rings. The molecule has 3 heteroatoms. The molecule has 3 rings (SSSR count). The van der Waals surface area contributed by atoms with Crippen molar-refractivity contribution in [1.82, 2.24) is 10.2 Å². The van der Waals surface area contributed by atoms with Crippen LogP contribution in [0.15, 0.2) is 65.1 Å². The van der Waals surface area contributed by atoms with Gasteiger partial charge in [-0.2, -0.15) is 0 Å². The number of hydrogen-bond acceptors (Lipinski definition) is 3. The van der Waals surface area contributed by atoms with Crippen LogP contribution in [0.4, 0.5) is 0 Å². The van der Waals surface area contributed by atoms with E-state index in [0.29, 0.717) is 11.8 Å². The molecular weight excluding hydrogens is 260 g/mol. The van der Waals surface area contributed by atoms with Gasteiger partial charge < -0.3 is 4.42 Å². The first kappa shape index (κ1) is 16.6. The van der Waals surface area contributed by atoms with Crippen molar-refractivity contribution >= 4 is 0 Å². The average Bonchev–Trinajstić information content (AvgIpc) is 3.10. The molecule has 0 N–H and O–H groups in total. The Labute approximate surface area is 126 Å². The number of nitrogens with zero attached hydrogens (tertiary/aromatic N) is 2. The molecule has 0 fully saturated rings. The predicted octanol–water partition coefficient (Wildman–Crippen LogP) is 5.46. The van der Waals surface area contributed by atoms with Crippen molar-refractivity contribution in [3.63, 3.8) is 0 Å². The van der Waals surface area contributed by atoms with Crippen LogP contribution < -0.4 is 0 Å². The largest absolute Gasteiger partial charge is 0.416 e. The van der Waals surface area contributed by atoms with Crippen molar-refractivity contribution in [3.05, 3.63) is 60.7 Å². The third kappa shape index (κ3) is 4.56. The normalized spacial score (nSPS) is 8.95. The predicted molar refractivity (Wildman–Crippen MR) is 87.9 cm³/mol. The number of aromatic nitrogens is 2. The zero-order valence-corrected chi connectivity index (χ0v) is 13.1. The summed E-state index contributed by atoms with van der Waals surface area (Å²) in [5.41, 5.74) is 1.87. The van der Waals surface area contributed by atoms with E-state index >= 15 is 0 Å². The Bertz CT molecular complexity index is 549. The summed E-state index contributed by atoms with van der Waals surface area (Å²) in [5, 5.41) is 8.09. The quantitative estimate of drug-likeness (QED) is 0.626. The van der Waals surface area contributed by atoms with Crippen LogP contribution in [0, 0.1) is 0 Å². The molecule has 21 heavy (non-hydrogen) atoms. The van der Waals surface area contributed by atoms with Gasteiger partial charge in [0.15, 0.2) is 0 Å². The molecule has 1 heterocycles. The van der Waals surface area contributed by atoms with Gasteiger partial charge in [-0.3, -0.25) is 0 Å². The molecule has 0 atom stereocenters. The molecule has 3 nitrogen and oxygen atoms in total. The fourth-order valence-electron chi connectivity index (χ4n) is 1.62. The van der Waals surface area contributed by atoms with E-state index in [-0.39, 0.29) is 0 Å². The van der Waals surface area contributed by atoms with Crippen LogP contribution in [0.25, 0.3) is 22.9 Å². The van der Waals surface area contributed by atoms with E-state index in [1.165, 1.54) is 0 Å². The second-order valence-electron chi connectivity index (χ2n) is 3.64. The second-order valence-corrected chi connectivity index (χ2v) is 3.64. The Morgan fingerprint density at radius 1 is 0.571 bits per heavy atom. The van der Waals surface area contributed by atoms with Gasteiger partial charge >= 0.3 is 0 Å². The van der Waals surface area contributed by atoms with E-state index in [1.807, 2.05) is 88.4 Å². The molecule has 1 aromatic heterocycles. The summed E-state index contributed by atoms with van der Waals surface area (Å²) in [6.45, 7) is 8.00. The molecule has 110 valence electrons. The van der Waals surface area contributed by atoms with Gasteiger partial charge in [-0.05, 0) is 24.3 Å². The summed E-state index contributed by atoms with van der Waals surface area (Å²) >= 11 is 0. The zero-order chi connectivity index (χ0) is 15.5. The van der Waals surface area contributed by atoms with Crippen molar-refractivity contribution in [1.29, 1.82) is 0 Å². The highest BCUT2D eigenvalue weighted by Gasteiger charge is 2.08. The van der Waals surface area contributed by atoms with Crippen LogP contribution in [0.1, 0.15) is 27.7 Å². The van der Waals surface area contributed by atoms with Gasteiger partial charge in [0, 0.05) is 11.1 Å². The molecule has 0 radical (unpaired) electrons. The van der Waals surface area contributed by atoms with E-state index in [1.54, 1.807) is 0 Å². The smallest absolute Gasteiger partial charge is 0.248 e. The summed E-state index contributed by atoms with van der Waals surface area (Å²) in [6.07, 6.45) is 0. The molecule has 0 aliphatic heterocycles. The Morgan fingerprint density at radius 3 is 1.24 bits per heavy atom. The molecule has 0 saturated heterocycles. The topological polar surface area (TPSA) is 38.9 Å². The van der Waals surface area contributed by atoms with Gasteiger partial charge in [-0.15, -0.1) is 10.2 Å². The van der Waals surface area contributed by atoms with Gasteiger partial charge in [0.25, 0.3) is 0 Å². The molecular formula is C18H22N2O. The summed E-state index contributed by atoms with van der Waals surface area (Å²) in [4.78, 5) is 0. The number of rotatable bonds is 2. The Kier molecular flexibility index (Phi) is 7.51. The van der Waals surface area contributed by atoms with E-state index in [4.69, 9.17) is 4.42 Å². The van der Waals surface area contributed by atoms with Crippen LogP contribution in [0.2, 0.25) is 0 Å². The van der Waals surface area contributed by atoms with Crippen molar-refractivity contribution in [2.45, 2.75) is 27.7 Å². The van der Waals surface area contributed by atoms with Gasteiger partial charge in [-0.1, -0.05) is 64.1 Å². The van der Waals surface area contributed by atoms with Crippen LogP contribution in [-0.2, 0) is 0 Å². The molecule has 0 unspecified atom stereocenters. The lowest BCUT2D eigenvalue weighted by molar-refractivity contribution is 0.584. The SMILES string of the molecule is CC.CC.c1ccc(-c2nnc(-c3ccccc3)o2)cc1. The maximum Gasteiger partial charge on any atom is 0.248 e. The van der Waals surface area contributed by atoms with Gasteiger partial charge in [-0.25, -0.2) is 0 Å². The molecule has 0 saturated carbocycles. The molecule has 0 spiro atoms. The van der Waals surface area contributed by atoms with Gasteiger partial charge in [0.05, 0.1) is 0 Å². The molecule has 2 aromatic carbocycles. The van der Waals surface area contributed by atoms with E-state index in [2.05, 4.69) is 10.2 Å². The number of benzene rings is 2. The highest BCUT2D eigenvalue weighted by Crippen LogP contribution is 2.22. The monoisotopic (exact) mass is 282 g/mol. The lowest BCUT2D eigenvalue weighted by Gasteiger charge is -1.93. The van der Waals surface area contributed by atoms with Crippen molar-refractivity contribution in [3.8, 4) is 22.9 Å². The molecule has 0 bridgehead atoms. The van der Waals surface area contributed by atoms with E-state index in [9.17, 15) is 0 Å². The maximum atomic E-state index is 5.63. The van der Waals surface area contributed by atoms with Gasteiger partial charge in [0.1, 0.15) is 0 Å². The van der Waals surface area contributed by atoms with Crippen molar-refractivity contribution in [2.24, 2.45) is 0 Å². The Hall–Kier alpha value is -2.42. The minimum atomic E-state index is 0.546. The summed E-state index contributed by atoms with van der Waals surface area (Å²) in [5.74, 6) is 1.09. The van der Waals surface area contributed by atoms with Gasteiger partial charge in [0.2, 0.25) is 11.8 Å². The molecule has 0 amide bonds. The summed E-state index contributed by atoms with van der Waals surface area (Å²) in [6, 6.07) is 19.5. The Morgan fingerprint density at radius 2 is 0.905 bits per heavy atom. The molecule has 0 aliphatic carbocycles. The standard InChI is InChI=1S/C14H10N2O.2C2H6/c1-3-7-11(8-4-1)13-15-16-14(17-13)12-9-5-2-6-10-12;2*1-2/h1-10H;2*1-2H3. The zero-order valence-electron chi connectivity index (χ0n) is 13.1. The van der Waals surface area contributed by atoms with Crippen molar-refractivity contribution in [2.75, 3.05) is 0 Å². The van der Waals surface area contributed by atoms with Crippen LogP contribution >= 0.6 is 0 Å². The fraction of sp³-hybridized carbons (Fsp3) is 0.222. The highest BCUT2D eigenvalue weighted by atomic mass is 16.4. The van der Waals surface area contributed by atoms with E-state index in [0.717, 1.165) is 11.1 Å². The minimum absolute atomic E-state index is 0.546. The van der Waals surface area contributed by atoms with Crippen LogP contribution in [-0.4, -0.2) is 10.2 Å². The summed E-state index contributed by atoms with van der Waals surface area (Å²) < 4.78 is 5.63. The van der Waals surface area contributed by atoms with Crippen LogP contribution in [0.3, 0.4) is 0 Å². The summed E-state index contributed by atoms with van der Waals surface area (Å²) in [7, 11) is 0. The van der Waals surface area contributed by atoms with E-state index < -0.39 is 0 Å². The lowest BCUT2D eigenvalue weighted by atomic mass is 10.2. The Balaban J connectivity index is 0.000000510. The minimum Gasteiger partial charge on any atom is -0.416 e. The van der Waals surface area contributed by atoms with Crippen molar-refractivity contribution < 1.29 is 4.42 Å². The molecule has 3 aromatic rings. The first-order chi connectivity index (χ1) is 10.4. The average molecular weight is 282 g/mol. The van der Waals surface area contributed by atoms with Crippen LogP contribution in [0.5, 0.6) is 0 Å². The first-order valence-corrected chi connectivity index (χ1v) is 7.38. The third-order valence-corrected chi connectivity index (χ3v) is 2.47. The third-order valence-electron chi connectivity index (χ3n) is 2.47.